The number of hydrogen-bond acceptors (Lipinski definition) is 39. The number of Topliss-reactive ketones (excluding diaryl/α,β-unsaturated/α-hetero) is 2. The largest absolute Gasteiger partial charge is 0.481 e. The molecule has 40 nitrogen and oxygen atoms in total. The maximum absolute atomic E-state index is 13.0. The normalized spacial score (nSPS) is 45.5. The van der Waals surface area contributed by atoms with E-state index in [1.165, 1.54) is 20.9 Å². The number of nitrogens with one attached hydrogen (secondary N) is 1. The zero-order valence-corrected chi connectivity index (χ0v) is 56.1. The third kappa shape index (κ3) is 20.0. The summed E-state index contributed by atoms with van der Waals surface area (Å²) in [5.74, 6) is -6.76. The van der Waals surface area contributed by atoms with Crippen LogP contribution >= 0.6 is 11.8 Å². The van der Waals surface area contributed by atoms with E-state index in [0.717, 1.165) is 11.8 Å². The minimum Gasteiger partial charge on any atom is -0.481 e. The van der Waals surface area contributed by atoms with Crippen molar-refractivity contribution in [2.45, 2.75) is 267 Å². The van der Waals surface area contributed by atoms with Crippen molar-refractivity contribution >= 4 is 35.3 Å². The average molecular weight is 1490 g/mol. The first kappa shape index (κ1) is 83.9. The number of aliphatic hydroxyl groups excluding tert-OH is 18. The molecule has 14 bridgehead atoms. The lowest BCUT2D eigenvalue weighted by atomic mass is 9.77. The molecule has 0 amide bonds. The Morgan fingerprint density at radius 2 is 0.762 bits per heavy atom. The van der Waals surface area contributed by atoms with Crippen molar-refractivity contribution in [1.29, 1.82) is 0 Å². The summed E-state index contributed by atoms with van der Waals surface area (Å²) in [4.78, 5) is 49.2. The molecule has 15 unspecified atom stereocenters. The molecule has 0 spiro atoms. The second-order valence-electron chi connectivity index (χ2n) is 26.2. The van der Waals surface area contributed by atoms with Gasteiger partial charge in [-0.15, -0.1) is 0 Å². The van der Waals surface area contributed by atoms with E-state index in [1.54, 1.807) is 0 Å². The van der Waals surface area contributed by atoms with Crippen LogP contribution in [0.3, 0.4) is 0 Å². The van der Waals surface area contributed by atoms with Gasteiger partial charge in [0.15, 0.2) is 37.7 Å². The highest BCUT2D eigenvalue weighted by molar-refractivity contribution is 7.99. The first-order valence-electron chi connectivity index (χ1n) is 33.4. The van der Waals surface area contributed by atoms with Gasteiger partial charge in [-0.25, -0.2) is 0 Å². The third-order valence-electron chi connectivity index (χ3n) is 19.2. The number of aliphatic hydroxyl groups is 18. The fourth-order valence-corrected chi connectivity index (χ4v) is 14.6. The summed E-state index contributed by atoms with van der Waals surface area (Å²) in [7, 11) is 1.30. The Morgan fingerprint density at radius 3 is 1.12 bits per heavy atom. The number of likely N-dealkylation sites (N-methyl/N-ethyl adjacent to an activating group) is 1. The maximum Gasteiger partial charge on any atom is 0.320 e. The topological polar surface area (TPSA) is 623 Å². The van der Waals surface area contributed by atoms with Crippen LogP contribution in [0.2, 0.25) is 0 Å². The Bertz CT molecular complexity index is 2570. The van der Waals surface area contributed by atoms with Crippen molar-refractivity contribution in [3.63, 3.8) is 0 Å². The van der Waals surface area contributed by atoms with Gasteiger partial charge in [-0.1, -0.05) is 6.92 Å². The molecule has 584 valence electrons. The standard InChI is InChI=1S/C60H99NO39S/c1-4-25-47-34(70)40(76)55(89-25)95-46-21(12-24(61-3)54(84)85)13-26(32(68)33(46)69)88-48-27(14-62)90-57(41(77)35(48)71)97-49-28(15-63)92-58(43(79)37(49)73)98-50-29(16-64)93-59(44(80)38(50)74)100-52-31(19-101-18-22(53(82)83)11-23(67)6-8-87-10-9-86-7-5-20(2)66)94-60(45(81)39(52)75)99-51-30(17-65)91-56(96-47)42(78)36(51)72/h21-22,24-52,55-65,68-81H,4-19H2,1-3H3,(H,82,83)(H,84,85)/t21?,22?,24-,25?,26-,27?,28?,29?,30?,31?,32?,33-,34-,35-,36-,37-,38-,39-,40?,41?,42?,43?,44?,45?,46-,47-,48-,49-,50-,51-,52-,55+,56+,57-,58-,59+,60-/m1/s1. The smallest absolute Gasteiger partial charge is 0.320 e. The van der Waals surface area contributed by atoms with E-state index in [-0.39, 0.29) is 57.2 Å². The zero-order valence-electron chi connectivity index (χ0n) is 55.3. The molecule has 20 saturated heterocycles. The molecule has 1 aliphatic carbocycles. The van der Waals surface area contributed by atoms with E-state index in [4.69, 9.17) is 71.1 Å². The number of thioether (sulfide) groups is 1. The molecule has 0 aromatic carbocycles. The van der Waals surface area contributed by atoms with Crippen LogP contribution in [-0.2, 0) is 90.2 Å². The van der Waals surface area contributed by atoms with Crippen molar-refractivity contribution in [3.8, 4) is 0 Å². The van der Waals surface area contributed by atoms with Crippen molar-refractivity contribution in [3.05, 3.63) is 0 Å². The van der Waals surface area contributed by atoms with Gasteiger partial charge >= 0.3 is 11.9 Å². The van der Waals surface area contributed by atoms with Crippen LogP contribution in [0.1, 0.15) is 52.4 Å². The molecule has 20 heterocycles. The number of ketones is 2. The second-order valence-corrected chi connectivity index (χ2v) is 27.2. The molecule has 1 saturated carbocycles. The molecule has 41 heteroatoms. The molecule has 21 N–H and O–H groups in total. The highest BCUT2D eigenvalue weighted by atomic mass is 32.2. The number of carbonyl (C=O) groups excluding carboxylic acids is 2. The molecular formula is C60H99NO39S. The molecule has 21 aliphatic rings. The Balaban J connectivity index is 1.08. The van der Waals surface area contributed by atoms with Crippen LogP contribution in [0.25, 0.3) is 0 Å². The minimum atomic E-state index is -2.29. The van der Waals surface area contributed by atoms with E-state index in [0.29, 0.717) is 0 Å². The molecule has 0 aromatic rings. The van der Waals surface area contributed by atoms with Gasteiger partial charge in [0.2, 0.25) is 0 Å². The van der Waals surface area contributed by atoms with Gasteiger partial charge in [-0.3, -0.25) is 19.2 Å². The van der Waals surface area contributed by atoms with E-state index < -0.39 is 296 Å². The molecule has 0 radical (unpaired) electrons. The van der Waals surface area contributed by atoms with Crippen molar-refractivity contribution in [2.24, 2.45) is 11.8 Å². The molecule has 21 rings (SSSR count). The summed E-state index contributed by atoms with van der Waals surface area (Å²) in [6.07, 6.45) is -69.2. The summed E-state index contributed by atoms with van der Waals surface area (Å²) in [5, 5.41) is 230. The number of hydrogen-bond donors (Lipinski definition) is 21. The van der Waals surface area contributed by atoms with Gasteiger partial charge < -0.3 is 179 Å². The van der Waals surface area contributed by atoms with E-state index in [2.05, 4.69) is 5.32 Å². The van der Waals surface area contributed by atoms with Crippen molar-refractivity contribution in [1.82, 2.24) is 5.32 Å². The molecule has 0 aromatic heterocycles. The maximum atomic E-state index is 13.0. The van der Waals surface area contributed by atoms with Crippen LogP contribution in [0, 0.1) is 11.8 Å². The number of carboxylic acid groups (broad SMARTS) is 2. The zero-order chi connectivity index (χ0) is 74.0. The van der Waals surface area contributed by atoms with Crippen LogP contribution in [0.5, 0.6) is 0 Å². The summed E-state index contributed by atoms with van der Waals surface area (Å²) in [6.45, 7) is -1.10. The number of carboxylic acids is 2. The van der Waals surface area contributed by atoms with Crippen molar-refractivity contribution in [2.75, 3.05) is 71.4 Å². The monoisotopic (exact) mass is 1490 g/mol. The number of carbonyl (C=O) groups is 4. The SMILES string of the molecule is CCC1O[C@H]2O[C@@H]3C(C[C@@H](NC)C(=O)O)C[C@@H](O[C@@H]4C(CO)O[C@H](O[C@@H]5C(CO)O[C@H](O[C@@H]6C(CO)O[C@@H](O[C@@H]7C(CSCC(CC(=O)CCOCCOCCC(C)=O)C(=O)O)O[C@H](O[C@@H]8C(CO)O[C@@H](O[C@H]1[C@H](O)C2O)C(O)[C@H]8O)C(O)[C@H]7O)C(O)[C@H]6O)C(O)[C@H]5O)C(O)[C@H]4O)C(O)[C@H]3O. The summed E-state index contributed by atoms with van der Waals surface area (Å²) in [5.41, 5.74) is 0. The summed E-state index contributed by atoms with van der Waals surface area (Å²) in [6, 6.07) is -1.40. The average Bonchev–Trinajstić information content (AvgIpc) is 0.789. The van der Waals surface area contributed by atoms with E-state index in [9.17, 15) is 121 Å². The fraction of sp³-hybridized carbons (Fsp3) is 0.933. The van der Waals surface area contributed by atoms with E-state index >= 15 is 0 Å². The van der Waals surface area contributed by atoms with Gasteiger partial charge in [0.1, 0.15) is 164 Å². The van der Waals surface area contributed by atoms with Gasteiger partial charge in [0, 0.05) is 30.8 Å². The van der Waals surface area contributed by atoms with E-state index in [1.807, 2.05) is 0 Å². The first-order valence-corrected chi connectivity index (χ1v) is 34.5. The molecule has 37 atom stereocenters. The first-order chi connectivity index (χ1) is 48.0. The van der Waals surface area contributed by atoms with Crippen molar-refractivity contribution < 1.29 is 192 Å². The van der Waals surface area contributed by atoms with Gasteiger partial charge in [0.05, 0.1) is 83.2 Å². The Labute approximate surface area is 581 Å². The van der Waals surface area contributed by atoms with Gasteiger partial charge in [-0.2, -0.15) is 11.8 Å². The Morgan fingerprint density at radius 1 is 0.426 bits per heavy atom. The predicted molar refractivity (Wildman–Crippen MR) is 325 cm³/mol. The quantitative estimate of drug-likeness (QED) is 0.0377. The molecular weight excluding hydrogens is 1390 g/mol. The summed E-state index contributed by atoms with van der Waals surface area (Å²) >= 11 is 0.804. The lowest BCUT2D eigenvalue weighted by Crippen LogP contribution is -2.68. The lowest BCUT2D eigenvalue weighted by molar-refractivity contribution is -0.394. The minimum absolute atomic E-state index is 0.0718. The highest BCUT2D eigenvalue weighted by Crippen LogP contribution is 2.42. The third-order valence-corrected chi connectivity index (χ3v) is 20.4. The number of aliphatic carboxylic acids is 2. The molecule has 21 fully saturated rings. The number of ether oxygens (including phenoxy) is 15. The van der Waals surface area contributed by atoms with Crippen LogP contribution in [0.15, 0.2) is 0 Å². The Hall–Kier alpha value is -2.73. The highest BCUT2D eigenvalue weighted by Gasteiger charge is 2.60. The second kappa shape index (κ2) is 38.4. The Kier molecular flexibility index (Phi) is 31.9. The summed E-state index contributed by atoms with van der Waals surface area (Å²) < 4.78 is 88.3. The lowest BCUT2D eigenvalue weighted by Gasteiger charge is -2.50. The molecule has 20 aliphatic heterocycles. The molecule has 101 heavy (non-hydrogen) atoms. The van der Waals surface area contributed by atoms with Crippen LogP contribution < -0.4 is 5.32 Å². The van der Waals surface area contributed by atoms with Gasteiger partial charge in [-0.05, 0) is 39.2 Å². The fourth-order valence-electron chi connectivity index (χ4n) is 13.4. The van der Waals surface area contributed by atoms with Crippen LogP contribution in [0.4, 0.5) is 0 Å². The van der Waals surface area contributed by atoms with Gasteiger partial charge in [0.25, 0.3) is 0 Å². The van der Waals surface area contributed by atoms with Crippen LogP contribution in [-0.4, -0.2) is 412 Å². The number of rotatable bonds is 25. The predicted octanol–water partition coefficient (Wildman–Crippen LogP) is -11.3.